The molecule has 0 saturated heterocycles. The highest BCUT2D eigenvalue weighted by Crippen LogP contribution is 2.29. The van der Waals surface area contributed by atoms with Crippen molar-refractivity contribution < 1.29 is 14.3 Å². The minimum atomic E-state index is -2.31. The molecule has 0 amide bonds. The maximum Gasteiger partial charge on any atom is 0.327 e. The number of allylic oxidation sites excluding steroid dienone is 1. The zero-order valence-corrected chi connectivity index (χ0v) is 12.8. The van der Waals surface area contributed by atoms with Gasteiger partial charge in [-0.1, -0.05) is 72.3 Å². The van der Waals surface area contributed by atoms with Crippen LogP contribution in [0.3, 0.4) is 0 Å². The second kappa shape index (κ2) is 8.06. The predicted molar refractivity (Wildman–Crippen MR) is 85.8 cm³/mol. The average Bonchev–Trinajstić information content (AvgIpc) is 2.52. The Kier molecular flexibility index (Phi) is 6.09. The highest BCUT2D eigenvalue weighted by atomic mass is 31.2. The number of rotatable bonds is 6. The van der Waals surface area contributed by atoms with Crippen LogP contribution in [0.1, 0.15) is 24.0 Å². The largest absolute Gasteiger partial charge is 0.328 e. The Hall–Kier alpha value is -1.51. The van der Waals surface area contributed by atoms with E-state index < -0.39 is 8.60 Å². The molecule has 0 aliphatic heterocycles. The van der Waals surface area contributed by atoms with Crippen LogP contribution in [-0.4, -0.2) is 16.4 Å². The van der Waals surface area contributed by atoms with Gasteiger partial charge in [-0.15, -0.1) is 0 Å². The summed E-state index contributed by atoms with van der Waals surface area (Å²) in [6.07, 6.45) is 2.10. The van der Waals surface area contributed by atoms with Gasteiger partial charge in [0.1, 0.15) is 0 Å². The van der Waals surface area contributed by atoms with Crippen LogP contribution < -0.4 is 0 Å². The van der Waals surface area contributed by atoms with E-state index >= 15 is 0 Å². The minimum absolute atomic E-state index is 0.125. The maximum absolute atomic E-state index is 8.84. The first kappa shape index (κ1) is 15.9. The minimum Gasteiger partial charge on any atom is -0.328 e. The van der Waals surface area contributed by atoms with Crippen LogP contribution in [0.25, 0.3) is 0 Å². The lowest BCUT2D eigenvalue weighted by molar-refractivity contribution is 0.276. The molecule has 0 radical (unpaired) electrons. The zero-order chi connectivity index (χ0) is 15.1. The first-order valence-corrected chi connectivity index (χ1v) is 7.91. The monoisotopic (exact) mass is 302 g/mol. The fraction of sp³-hybridized carbons (Fsp3) is 0.176. The van der Waals surface area contributed by atoms with Crippen LogP contribution in [0.2, 0.25) is 0 Å². The van der Waals surface area contributed by atoms with Crippen molar-refractivity contribution in [1.29, 1.82) is 0 Å². The smallest absolute Gasteiger partial charge is 0.327 e. The molecule has 0 spiro atoms. The van der Waals surface area contributed by atoms with E-state index in [1.54, 1.807) is 0 Å². The molecule has 0 atom stereocenters. The Balaban J connectivity index is 2.27. The van der Waals surface area contributed by atoms with Crippen LogP contribution in [-0.2, 0) is 4.52 Å². The second-order valence-electron chi connectivity index (χ2n) is 4.84. The summed E-state index contributed by atoms with van der Waals surface area (Å²) in [5.74, 6) is 0.125. The Labute approximate surface area is 126 Å². The molecule has 4 heteroatoms. The normalized spacial score (nSPS) is 12.1. The molecular weight excluding hydrogens is 283 g/mol. The summed E-state index contributed by atoms with van der Waals surface area (Å²) in [7, 11) is -2.31. The fourth-order valence-corrected chi connectivity index (χ4v) is 2.52. The molecule has 21 heavy (non-hydrogen) atoms. The summed E-state index contributed by atoms with van der Waals surface area (Å²) < 4.78 is 4.88. The maximum atomic E-state index is 8.84. The Morgan fingerprint density at radius 1 is 1.00 bits per heavy atom. The third-order valence-corrected chi connectivity index (χ3v) is 3.54. The second-order valence-corrected chi connectivity index (χ2v) is 5.60. The average molecular weight is 302 g/mol. The van der Waals surface area contributed by atoms with Crippen molar-refractivity contribution >= 4 is 8.60 Å². The van der Waals surface area contributed by atoms with Crippen molar-refractivity contribution in [1.82, 2.24) is 0 Å². The van der Waals surface area contributed by atoms with E-state index in [-0.39, 0.29) is 12.5 Å². The molecule has 2 aromatic rings. The molecular formula is C17H19O3P. The highest BCUT2D eigenvalue weighted by molar-refractivity contribution is 7.39. The van der Waals surface area contributed by atoms with Crippen LogP contribution in [0.5, 0.6) is 0 Å². The molecule has 0 aliphatic rings. The Bertz CT molecular complexity index is 528. The van der Waals surface area contributed by atoms with Crippen molar-refractivity contribution in [2.75, 3.05) is 6.61 Å². The summed E-state index contributed by atoms with van der Waals surface area (Å²) in [6, 6.07) is 20.4. The van der Waals surface area contributed by atoms with Gasteiger partial charge in [0.05, 0.1) is 6.61 Å². The van der Waals surface area contributed by atoms with Crippen LogP contribution in [0.15, 0.2) is 72.3 Å². The number of hydrogen-bond acceptors (Lipinski definition) is 3. The van der Waals surface area contributed by atoms with Gasteiger partial charge in [0, 0.05) is 5.92 Å². The third kappa shape index (κ3) is 5.07. The van der Waals surface area contributed by atoms with Crippen molar-refractivity contribution in [2.45, 2.75) is 12.8 Å². The molecule has 0 aromatic heterocycles. The zero-order valence-electron chi connectivity index (χ0n) is 11.9. The SMILES string of the molecule is CC(=CC(c1ccccc1)c1ccccc1)COP(O)O. The van der Waals surface area contributed by atoms with E-state index in [0.717, 1.165) is 5.57 Å². The summed E-state index contributed by atoms with van der Waals surface area (Å²) >= 11 is 0. The van der Waals surface area contributed by atoms with Gasteiger partial charge in [-0.25, -0.2) is 0 Å². The van der Waals surface area contributed by atoms with Crippen molar-refractivity contribution in [3.05, 3.63) is 83.4 Å². The van der Waals surface area contributed by atoms with E-state index in [9.17, 15) is 0 Å². The van der Waals surface area contributed by atoms with Gasteiger partial charge in [-0.3, -0.25) is 0 Å². The van der Waals surface area contributed by atoms with Crippen LogP contribution in [0.4, 0.5) is 0 Å². The van der Waals surface area contributed by atoms with Crippen molar-refractivity contribution in [2.24, 2.45) is 0 Å². The first-order chi connectivity index (χ1) is 10.2. The molecule has 0 unspecified atom stereocenters. The molecule has 0 saturated carbocycles. The van der Waals surface area contributed by atoms with Gasteiger partial charge >= 0.3 is 8.60 Å². The van der Waals surface area contributed by atoms with Gasteiger partial charge in [0.15, 0.2) is 0 Å². The molecule has 0 bridgehead atoms. The topological polar surface area (TPSA) is 49.7 Å². The lowest BCUT2D eigenvalue weighted by Gasteiger charge is -2.16. The molecule has 0 heterocycles. The van der Waals surface area contributed by atoms with Crippen LogP contribution in [0, 0.1) is 0 Å². The molecule has 2 N–H and O–H groups in total. The van der Waals surface area contributed by atoms with E-state index in [0.29, 0.717) is 0 Å². The summed E-state index contributed by atoms with van der Waals surface area (Å²) in [5.41, 5.74) is 3.35. The lowest BCUT2D eigenvalue weighted by Crippen LogP contribution is -2.00. The number of benzene rings is 2. The van der Waals surface area contributed by atoms with E-state index in [1.807, 2.05) is 43.3 Å². The first-order valence-electron chi connectivity index (χ1n) is 6.75. The molecule has 3 nitrogen and oxygen atoms in total. The van der Waals surface area contributed by atoms with Crippen molar-refractivity contribution in [3.63, 3.8) is 0 Å². The standard InChI is InChI=1S/C17H19O3P/c1-14(13-20-21(18)19)12-17(15-8-4-2-5-9-15)16-10-6-3-7-11-16/h2-12,17-19H,13H2,1H3. The quantitative estimate of drug-likeness (QED) is 0.626. The molecule has 0 fully saturated rings. The summed E-state index contributed by atoms with van der Waals surface area (Å²) in [4.78, 5) is 17.7. The molecule has 110 valence electrons. The summed E-state index contributed by atoms with van der Waals surface area (Å²) in [6.45, 7) is 2.15. The molecule has 2 aromatic carbocycles. The van der Waals surface area contributed by atoms with Gasteiger partial charge in [0.2, 0.25) is 0 Å². The lowest BCUT2D eigenvalue weighted by atomic mass is 9.90. The van der Waals surface area contributed by atoms with Gasteiger partial charge in [-0.05, 0) is 18.1 Å². The Morgan fingerprint density at radius 2 is 1.48 bits per heavy atom. The van der Waals surface area contributed by atoms with Gasteiger partial charge in [-0.2, -0.15) is 0 Å². The molecule has 2 rings (SSSR count). The van der Waals surface area contributed by atoms with Gasteiger partial charge in [0.25, 0.3) is 0 Å². The van der Waals surface area contributed by atoms with Gasteiger partial charge < -0.3 is 14.3 Å². The highest BCUT2D eigenvalue weighted by Gasteiger charge is 2.11. The fourth-order valence-electron chi connectivity index (χ4n) is 2.20. The number of hydrogen-bond donors (Lipinski definition) is 2. The summed E-state index contributed by atoms with van der Waals surface area (Å²) in [5, 5.41) is 0. The molecule has 0 aliphatic carbocycles. The van der Waals surface area contributed by atoms with Crippen LogP contribution >= 0.6 is 8.60 Å². The Morgan fingerprint density at radius 3 is 1.90 bits per heavy atom. The van der Waals surface area contributed by atoms with E-state index in [1.165, 1.54) is 11.1 Å². The van der Waals surface area contributed by atoms with Crippen molar-refractivity contribution in [3.8, 4) is 0 Å². The third-order valence-electron chi connectivity index (χ3n) is 3.18. The van der Waals surface area contributed by atoms with E-state index in [2.05, 4.69) is 30.3 Å². The predicted octanol–water partition coefficient (Wildman–Crippen LogP) is 3.99. The van der Waals surface area contributed by atoms with E-state index in [4.69, 9.17) is 14.3 Å².